The van der Waals surface area contributed by atoms with Gasteiger partial charge in [0, 0.05) is 56.4 Å². The lowest BCUT2D eigenvalue weighted by molar-refractivity contribution is -0.138. The number of carbonyl (C=O) groups is 2. The molecule has 3 heterocycles. The Hall–Kier alpha value is -2.76. The van der Waals surface area contributed by atoms with Gasteiger partial charge in [-0.15, -0.1) is 0 Å². The lowest BCUT2D eigenvalue weighted by Crippen LogP contribution is -2.52. The number of amides is 2. The number of aryl methyl sites for hydroxylation is 1. The van der Waals surface area contributed by atoms with Gasteiger partial charge < -0.3 is 9.80 Å². The summed E-state index contributed by atoms with van der Waals surface area (Å²) >= 11 is 0. The zero-order chi connectivity index (χ0) is 20.1. The molecule has 2 amide bonds. The number of likely N-dealkylation sites (tertiary alicyclic amines) is 1. The van der Waals surface area contributed by atoms with Gasteiger partial charge in [0.15, 0.2) is 0 Å². The predicted molar refractivity (Wildman–Crippen MR) is 108 cm³/mol. The van der Waals surface area contributed by atoms with Gasteiger partial charge in [-0.25, -0.2) is 0 Å². The number of rotatable bonds is 5. The molecule has 1 aliphatic rings. The minimum Gasteiger partial charge on any atom is -0.337 e. The molecule has 2 aromatic heterocycles. The van der Waals surface area contributed by atoms with Crippen LogP contribution in [-0.4, -0.2) is 50.7 Å². The fourth-order valence-corrected chi connectivity index (χ4v) is 3.66. The SMILES string of the molecule is Cc1cncc(C(=O)N2CCCC(N(Cc3cccnc3)C(=O)C(C)C)C2)c1. The molecule has 0 spiro atoms. The van der Waals surface area contributed by atoms with E-state index in [1.54, 1.807) is 24.8 Å². The summed E-state index contributed by atoms with van der Waals surface area (Å²) < 4.78 is 0. The number of hydrogen-bond acceptors (Lipinski definition) is 4. The molecule has 0 bridgehead atoms. The van der Waals surface area contributed by atoms with Crippen molar-refractivity contribution in [3.05, 3.63) is 59.7 Å². The summed E-state index contributed by atoms with van der Waals surface area (Å²) in [4.78, 5) is 38.0. The average Bonchev–Trinajstić information content (AvgIpc) is 2.71. The topological polar surface area (TPSA) is 66.4 Å². The van der Waals surface area contributed by atoms with Crippen LogP contribution < -0.4 is 0 Å². The van der Waals surface area contributed by atoms with Gasteiger partial charge in [0.1, 0.15) is 0 Å². The highest BCUT2D eigenvalue weighted by Crippen LogP contribution is 2.22. The molecular formula is C22H28N4O2. The molecule has 1 aliphatic heterocycles. The van der Waals surface area contributed by atoms with Crippen LogP contribution in [0.15, 0.2) is 43.0 Å². The Morgan fingerprint density at radius 1 is 1.25 bits per heavy atom. The second kappa shape index (κ2) is 8.95. The molecule has 1 unspecified atom stereocenters. The van der Waals surface area contributed by atoms with Crippen LogP contribution in [0.25, 0.3) is 0 Å². The summed E-state index contributed by atoms with van der Waals surface area (Å²) in [6, 6.07) is 5.74. The molecule has 0 saturated carbocycles. The molecule has 6 nitrogen and oxygen atoms in total. The Balaban J connectivity index is 1.78. The van der Waals surface area contributed by atoms with E-state index in [1.807, 2.05) is 48.8 Å². The van der Waals surface area contributed by atoms with Crippen molar-refractivity contribution in [1.29, 1.82) is 0 Å². The zero-order valence-corrected chi connectivity index (χ0v) is 16.8. The molecule has 0 aromatic carbocycles. The van der Waals surface area contributed by atoms with Crippen LogP contribution in [0.4, 0.5) is 0 Å². The fourth-order valence-electron chi connectivity index (χ4n) is 3.66. The van der Waals surface area contributed by atoms with Crippen molar-refractivity contribution >= 4 is 11.8 Å². The fraction of sp³-hybridized carbons (Fsp3) is 0.455. The first-order valence-corrected chi connectivity index (χ1v) is 9.86. The van der Waals surface area contributed by atoms with Crippen molar-refractivity contribution in [3.8, 4) is 0 Å². The van der Waals surface area contributed by atoms with Gasteiger partial charge in [0.2, 0.25) is 5.91 Å². The number of aromatic nitrogens is 2. The first-order valence-electron chi connectivity index (χ1n) is 9.86. The third kappa shape index (κ3) is 4.74. The van der Waals surface area contributed by atoms with Crippen molar-refractivity contribution in [2.45, 2.75) is 46.2 Å². The summed E-state index contributed by atoms with van der Waals surface area (Å²) in [5.41, 5.74) is 2.57. The standard InChI is InChI=1S/C22H28N4O2/c1-16(2)21(27)26(14-18-6-4-8-23-12-18)20-7-5-9-25(15-20)22(28)19-10-17(3)11-24-13-19/h4,6,8,10-13,16,20H,5,7,9,14-15H2,1-3H3. The summed E-state index contributed by atoms with van der Waals surface area (Å²) in [6.07, 6.45) is 8.66. The number of nitrogens with zero attached hydrogens (tertiary/aromatic N) is 4. The molecule has 1 atom stereocenters. The van der Waals surface area contributed by atoms with Crippen molar-refractivity contribution in [3.63, 3.8) is 0 Å². The Bertz CT molecular complexity index is 822. The van der Waals surface area contributed by atoms with Gasteiger partial charge in [-0.2, -0.15) is 0 Å². The van der Waals surface area contributed by atoms with E-state index in [1.165, 1.54) is 0 Å². The molecule has 148 valence electrons. The maximum absolute atomic E-state index is 13.0. The summed E-state index contributed by atoms with van der Waals surface area (Å²) in [7, 11) is 0. The average molecular weight is 380 g/mol. The number of carbonyl (C=O) groups excluding carboxylic acids is 2. The monoisotopic (exact) mass is 380 g/mol. The van der Waals surface area contributed by atoms with Gasteiger partial charge in [0.25, 0.3) is 5.91 Å². The maximum Gasteiger partial charge on any atom is 0.255 e. The number of hydrogen-bond donors (Lipinski definition) is 0. The van der Waals surface area contributed by atoms with E-state index in [0.29, 0.717) is 25.2 Å². The van der Waals surface area contributed by atoms with Crippen molar-refractivity contribution in [2.24, 2.45) is 5.92 Å². The van der Waals surface area contributed by atoms with E-state index in [2.05, 4.69) is 9.97 Å². The van der Waals surface area contributed by atoms with Crippen LogP contribution in [0.2, 0.25) is 0 Å². The lowest BCUT2D eigenvalue weighted by atomic mass is 10.0. The van der Waals surface area contributed by atoms with Crippen molar-refractivity contribution in [1.82, 2.24) is 19.8 Å². The van der Waals surface area contributed by atoms with Crippen LogP contribution in [0.1, 0.15) is 48.2 Å². The van der Waals surface area contributed by atoms with Gasteiger partial charge in [-0.05, 0) is 43.0 Å². The first-order chi connectivity index (χ1) is 13.5. The first kappa shape index (κ1) is 20.0. The second-order valence-corrected chi connectivity index (χ2v) is 7.78. The van der Waals surface area contributed by atoms with Gasteiger partial charge >= 0.3 is 0 Å². The normalized spacial score (nSPS) is 16.9. The molecule has 6 heteroatoms. The Labute approximate surface area is 166 Å². The van der Waals surface area contributed by atoms with Gasteiger partial charge in [-0.1, -0.05) is 19.9 Å². The van der Waals surface area contributed by atoms with Gasteiger partial charge in [-0.3, -0.25) is 19.6 Å². The molecule has 1 saturated heterocycles. The number of piperidine rings is 1. The summed E-state index contributed by atoms with van der Waals surface area (Å²) in [6.45, 7) is 7.54. The minimum atomic E-state index is -0.0938. The van der Waals surface area contributed by atoms with Crippen LogP contribution in [0.3, 0.4) is 0 Å². The summed E-state index contributed by atoms with van der Waals surface area (Å²) in [5, 5.41) is 0. The Morgan fingerprint density at radius 2 is 2.07 bits per heavy atom. The molecule has 1 fully saturated rings. The highest BCUT2D eigenvalue weighted by molar-refractivity contribution is 5.94. The van der Waals surface area contributed by atoms with Crippen LogP contribution in [-0.2, 0) is 11.3 Å². The second-order valence-electron chi connectivity index (χ2n) is 7.78. The van der Waals surface area contributed by atoms with E-state index in [-0.39, 0.29) is 23.8 Å². The maximum atomic E-state index is 13.0. The Kier molecular flexibility index (Phi) is 6.39. The van der Waals surface area contributed by atoms with Crippen molar-refractivity contribution in [2.75, 3.05) is 13.1 Å². The smallest absolute Gasteiger partial charge is 0.255 e. The Morgan fingerprint density at radius 3 is 2.75 bits per heavy atom. The predicted octanol–water partition coefficient (Wildman–Crippen LogP) is 3.07. The quantitative estimate of drug-likeness (QED) is 0.800. The molecule has 0 aliphatic carbocycles. The van der Waals surface area contributed by atoms with Crippen LogP contribution in [0.5, 0.6) is 0 Å². The van der Waals surface area contributed by atoms with Gasteiger partial charge in [0.05, 0.1) is 5.56 Å². The molecule has 3 rings (SSSR count). The molecule has 0 radical (unpaired) electrons. The third-order valence-corrected chi connectivity index (χ3v) is 5.10. The highest BCUT2D eigenvalue weighted by Gasteiger charge is 2.32. The van der Waals surface area contributed by atoms with E-state index >= 15 is 0 Å². The largest absolute Gasteiger partial charge is 0.337 e. The third-order valence-electron chi connectivity index (χ3n) is 5.10. The van der Waals surface area contributed by atoms with Crippen molar-refractivity contribution < 1.29 is 9.59 Å². The van der Waals surface area contributed by atoms with E-state index in [4.69, 9.17) is 0 Å². The lowest BCUT2D eigenvalue weighted by Gasteiger charge is -2.40. The van der Waals surface area contributed by atoms with Crippen LogP contribution >= 0.6 is 0 Å². The molecule has 28 heavy (non-hydrogen) atoms. The van der Waals surface area contributed by atoms with Crippen LogP contribution in [0, 0.1) is 12.8 Å². The number of pyridine rings is 2. The molecule has 0 N–H and O–H groups in total. The molecule has 2 aromatic rings. The summed E-state index contributed by atoms with van der Waals surface area (Å²) in [5.74, 6) is 0.00307. The molecular weight excluding hydrogens is 352 g/mol. The van der Waals surface area contributed by atoms with E-state index in [0.717, 1.165) is 24.0 Å². The van der Waals surface area contributed by atoms with E-state index < -0.39 is 0 Å². The zero-order valence-electron chi connectivity index (χ0n) is 16.8. The van der Waals surface area contributed by atoms with E-state index in [9.17, 15) is 9.59 Å². The highest BCUT2D eigenvalue weighted by atomic mass is 16.2. The minimum absolute atomic E-state index is 0.00516.